The summed E-state index contributed by atoms with van der Waals surface area (Å²) in [7, 11) is -2.14. The van der Waals surface area contributed by atoms with Crippen LogP contribution < -0.4 is 4.74 Å². The lowest BCUT2D eigenvalue weighted by Crippen LogP contribution is -2.32. The molecule has 21 heavy (non-hydrogen) atoms. The Morgan fingerprint density at radius 3 is 2.86 bits per heavy atom. The first-order valence-electron chi connectivity index (χ1n) is 6.42. The zero-order valence-corrected chi connectivity index (χ0v) is 12.9. The average Bonchev–Trinajstić information content (AvgIpc) is 3.12. The van der Waals surface area contributed by atoms with Crippen LogP contribution >= 0.6 is 11.3 Å². The SMILES string of the molecule is COc1ccc(S(=O)(=O)N2C[C@@H]3[C@H](C2)OC[C@@H]3C(=O)O)s1. The van der Waals surface area contributed by atoms with Crippen LogP contribution in [0.1, 0.15) is 0 Å². The molecule has 0 radical (unpaired) electrons. The molecule has 0 saturated carbocycles. The second-order valence-electron chi connectivity index (χ2n) is 5.08. The number of thiophene rings is 1. The van der Waals surface area contributed by atoms with Gasteiger partial charge in [0.15, 0.2) is 5.06 Å². The summed E-state index contributed by atoms with van der Waals surface area (Å²) < 4.78 is 37.0. The molecule has 0 amide bonds. The van der Waals surface area contributed by atoms with E-state index in [2.05, 4.69) is 0 Å². The summed E-state index contributed by atoms with van der Waals surface area (Å²) >= 11 is 1.05. The van der Waals surface area contributed by atoms with E-state index >= 15 is 0 Å². The highest BCUT2D eigenvalue weighted by Gasteiger charge is 2.50. The predicted molar refractivity (Wildman–Crippen MR) is 74.0 cm³/mol. The fourth-order valence-electron chi connectivity index (χ4n) is 2.81. The normalized spacial score (nSPS) is 29.5. The van der Waals surface area contributed by atoms with Crippen molar-refractivity contribution in [3.63, 3.8) is 0 Å². The predicted octanol–water partition coefficient (Wildman–Crippen LogP) is 0.477. The zero-order chi connectivity index (χ0) is 15.2. The largest absolute Gasteiger partial charge is 0.487 e. The number of methoxy groups -OCH3 is 1. The zero-order valence-electron chi connectivity index (χ0n) is 11.3. The fraction of sp³-hybridized carbons (Fsp3) is 0.583. The number of carboxylic acids is 1. The molecule has 116 valence electrons. The number of aliphatic carboxylic acids is 1. The Balaban J connectivity index is 1.81. The van der Waals surface area contributed by atoms with Gasteiger partial charge in [-0.25, -0.2) is 8.42 Å². The van der Waals surface area contributed by atoms with Crippen LogP contribution in [0.5, 0.6) is 5.06 Å². The van der Waals surface area contributed by atoms with Crippen LogP contribution in [-0.4, -0.2) is 56.7 Å². The van der Waals surface area contributed by atoms with Gasteiger partial charge in [0.1, 0.15) is 4.21 Å². The molecular weight excluding hydrogens is 318 g/mol. The Hall–Kier alpha value is -1.16. The molecule has 7 nitrogen and oxygen atoms in total. The summed E-state index contributed by atoms with van der Waals surface area (Å²) in [5, 5.41) is 9.66. The molecule has 0 unspecified atom stereocenters. The van der Waals surface area contributed by atoms with Crippen molar-refractivity contribution < 1.29 is 27.8 Å². The van der Waals surface area contributed by atoms with Gasteiger partial charge >= 0.3 is 5.97 Å². The fourth-order valence-corrected chi connectivity index (χ4v) is 5.55. The Morgan fingerprint density at radius 2 is 2.24 bits per heavy atom. The summed E-state index contributed by atoms with van der Waals surface area (Å²) in [4.78, 5) is 11.2. The quantitative estimate of drug-likeness (QED) is 0.861. The number of rotatable bonds is 4. The maximum absolute atomic E-state index is 12.5. The van der Waals surface area contributed by atoms with Crippen LogP contribution in [0.25, 0.3) is 0 Å². The van der Waals surface area contributed by atoms with Crippen molar-refractivity contribution in [1.29, 1.82) is 0 Å². The van der Waals surface area contributed by atoms with Crippen molar-refractivity contribution in [2.45, 2.75) is 10.3 Å². The minimum Gasteiger partial charge on any atom is -0.487 e. The topological polar surface area (TPSA) is 93.1 Å². The van der Waals surface area contributed by atoms with Crippen LogP contribution in [0.4, 0.5) is 0 Å². The average molecular weight is 333 g/mol. The van der Waals surface area contributed by atoms with Crippen LogP contribution in [0.3, 0.4) is 0 Å². The summed E-state index contributed by atoms with van der Waals surface area (Å²) in [5.74, 6) is -1.84. The van der Waals surface area contributed by atoms with Gasteiger partial charge in [-0.2, -0.15) is 4.31 Å². The molecule has 2 saturated heterocycles. The molecule has 1 aromatic rings. The summed E-state index contributed by atoms with van der Waals surface area (Å²) in [5.41, 5.74) is 0. The monoisotopic (exact) mass is 333 g/mol. The molecule has 9 heteroatoms. The number of hydrogen-bond acceptors (Lipinski definition) is 6. The van der Waals surface area contributed by atoms with Crippen molar-refractivity contribution in [3.05, 3.63) is 12.1 Å². The van der Waals surface area contributed by atoms with Crippen LogP contribution in [-0.2, 0) is 19.6 Å². The molecule has 3 heterocycles. The summed E-state index contributed by atoms with van der Waals surface area (Å²) in [6.45, 7) is 0.548. The van der Waals surface area contributed by atoms with Gasteiger partial charge in [0.05, 0.1) is 25.7 Å². The highest BCUT2D eigenvalue weighted by molar-refractivity contribution is 7.91. The number of ether oxygens (including phenoxy) is 2. The van der Waals surface area contributed by atoms with Gasteiger partial charge in [0, 0.05) is 19.0 Å². The van der Waals surface area contributed by atoms with E-state index in [0.29, 0.717) is 5.06 Å². The van der Waals surface area contributed by atoms with Gasteiger partial charge in [-0.1, -0.05) is 11.3 Å². The first-order chi connectivity index (χ1) is 9.93. The van der Waals surface area contributed by atoms with Crippen LogP contribution in [0, 0.1) is 11.8 Å². The lowest BCUT2D eigenvalue weighted by atomic mass is 9.94. The van der Waals surface area contributed by atoms with E-state index in [1.54, 1.807) is 6.07 Å². The minimum absolute atomic E-state index is 0.158. The molecule has 2 aliphatic rings. The number of carbonyl (C=O) groups is 1. The summed E-state index contributed by atoms with van der Waals surface area (Å²) in [6.07, 6.45) is -0.331. The molecule has 0 spiro atoms. The third-order valence-electron chi connectivity index (χ3n) is 3.95. The van der Waals surface area contributed by atoms with E-state index in [1.807, 2.05) is 0 Å². The van der Waals surface area contributed by atoms with Gasteiger partial charge in [0.25, 0.3) is 10.0 Å². The van der Waals surface area contributed by atoms with E-state index in [1.165, 1.54) is 17.5 Å². The van der Waals surface area contributed by atoms with Crippen LogP contribution in [0.2, 0.25) is 0 Å². The maximum Gasteiger partial charge on any atom is 0.309 e. The molecule has 0 aliphatic carbocycles. The molecule has 0 aromatic carbocycles. The first-order valence-corrected chi connectivity index (χ1v) is 8.67. The summed E-state index contributed by atoms with van der Waals surface area (Å²) in [6, 6.07) is 3.10. The third-order valence-corrected chi connectivity index (χ3v) is 7.30. The van der Waals surface area contributed by atoms with Gasteiger partial charge < -0.3 is 14.6 Å². The number of fused-ring (bicyclic) bond motifs is 1. The van der Waals surface area contributed by atoms with Gasteiger partial charge in [-0.05, 0) is 12.1 Å². The van der Waals surface area contributed by atoms with E-state index in [9.17, 15) is 13.2 Å². The molecule has 2 fully saturated rings. The van der Waals surface area contributed by atoms with Gasteiger partial charge in [-0.3, -0.25) is 4.79 Å². The second kappa shape index (κ2) is 5.24. The Bertz CT molecular complexity index is 654. The molecule has 1 N–H and O–H groups in total. The molecule has 1 aromatic heterocycles. The van der Waals surface area contributed by atoms with Crippen molar-refractivity contribution in [2.75, 3.05) is 26.8 Å². The Morgan fingerprint density at radius 1 is 1.48 bits per heavy atom. The smallest absolute Gasteiger partial charge is 0.309 e. The number of nitrogens with zero attached hydrogens (tertiary/aromatic N) is 1. The first kappa shape index (κ1) is 14.8. The highest BCUT2D eigenvalue weighted by Crippen LogP contribution is 2.38. The van der Waals surface area contributed by atoms with E-state index in [4.69, 9.17) is 14.6 Å². The van der Waals surface area contributed by atoms with Gasteiger partial charge in [-0.15, -0.1) is 0 Å². The number of hydrogen-bond donors (Lipinski definition) is 1. The van der Waals surface area contributed by atoms with Crippen molar-refractivity contribution in [1.82, 2.24) is 4.31 Å². The number of sulfonamides is 1. The van der Waals surface area contributed by atoms with Crippen molar-refractivity contribution >= 4 is 27.3 Å². The standard InChI is InChI=1S/C12H15NO6S2/c1-18-10-2-3-11(20-10)21(16,17)13-4-7-8(12(14)15)6-19-9(7)5-13/h2-3,7-9H,4-6H2,1H3,(H,14,15)/t7-,8-,9-/m0/s1. The Labute approximate surface area is 126 Å². The van der Waals surface area contributed by atoms with E-state index in [-0.39, 0.29) is 35.9 Å². The molecular formula is C12H15NO6S2. The van der Waals surface area contributed by atoms with Crippen molar-refractivity contribution in [3.8, 4) is 5.06 Å². The minimum atomic E-state index is -3.62. The highest BCUT2D eigenvalue weighted by atomic mass is 32.2. The lowest BCUT2D eigenvalue weighted by molar-refractivity contribution is -0.142. The second-order valence-corrected chi connectivity index (χ2v) is 8.29. The molecule has 0 bridgehead atoms. The van der Waals surface area contributed by atoms with E-state index in [0.717, 1.165) is 11.3 Å². The number of carboxylic acid groups (broad SMARTS) is 1. The van der Waals surface area contributed by atoms with E-state index < -0.39 is 21.9 Å². The van der Waals surface area contributed by atoms with Crippen molar-refractivity contribution in [2.24, 2.45) is 11.8 Å². The molecule has 3 rings (SSSR count). The molecule has 2 aliphatic heterocycles. The third kappa shape index (κ3) is 2.44. The Kier molecular flexibility index (Phi) is 3.68. The molecule has 3 atom stereocenters. The maximum atomic E-state index is 12.5. The van der Waals surface area contributed by atoms with Gasteiger partial charge in [0.2, 0.25) is 0 Å². The lowest BCUT2D eigenvalue weighted by Gasteiger charge is -2.17. The van der Waals surface area contributed by atoms with Crippen LogP contribution in [0.15, 0.2) is 16.3 Å².